The van der Waals surface area contributed by atoms with Gasteiger partial charge >= 0.3 is 0 Å². The van der Waals surface area contributed by atoms with Gasteiger partial charge in [0.15, 0.2) is 0 Å². The monoisotopic (exact) mass is 210 g/mol. The molecule has 0 radical (unpaired) electrons. The van der Waals surface area contributed by atoms with Crippen molar-refractivity contribution in [1.82, 2.24) is 0 Å². The van der Waals surface area contributed by atoms with Gasteiger partial charge in [-0.1, -0.05) is 0 Å². The molecule has 0 fully saturated rings. The number of hydrogen-bond donors (Lipinski definition) is 2. The molecule has 0 aromatic heterocycles. The number of benzene rings is 1. The maximum atomic E-state index is 9.99. The van der Waals surface area contributed by atoms with Crippen LogP contribution in [-0.4, -0.2) is 17.3 Å². The molecule has 84 valence electrons. The SMILES string of the molecule is COC(C)c1c(C)c(O)c(C)c(C)c1O. The van der Waals surface area contributed by atoms with E-state index in [-0.39, 0.29) is 17.6 Å². The molecule has 15 heavy (non-hydrogen) atoms. The molecule has 0 spiro atoms. The minimum absolute atomic E-state index is 0.220. The Labute approximate surface area is 90.3 Å². The number of phenolic OH excluding ortho intramolecular Hbond substituents is 2. The molecule has 1 unspecified atom stereocenters. The number of aromatic hydroxyl groups is 2. The van der Waals surface area contributed by atoms with Crippen LogP contribution < -0.4 is 0 Å². The summed E-state index contributed by atoms with van der Waals surface area (Å²) in [5, 5.41) is 19.9. The van der Waals surface area contributed by atoms with Crippen LogP contribution in [0, 0.1) is 20.8 Å². The Morgan fingerprint density at radius 1 is 0.933 bits per heavy atom. The number of methoxy groups -OCH3 is 1. The van der Waals surface area contributed by atoms with E-state index in [1.807, 2.05) is 6.92 Å². The smallest absolute Gasteiger partial charge is 0.125 e. The van der Waals surface area contributed by atoms with Crippen LogP contribution in [0.15, 0.2) is 0 Å². The number of hydrogen-bond acceptors (Lipinski definition) is 3. The van der Waals surface area contributed by atoms with Crippen molar-refractivity contribution in [2.45, 2.75) is 33.8 Å². The summed E-state index contributed by atoms with van der Waals surface area (Å²) in [5.74, 6) is 0.460. The maximum absolute atomic E-state index is 9.99. The van der Waals surface area contributed by atoms with Gasteiger partial charge in [-0.3, -0.25) is 0 Å². The van der Waals surface area contributed by atoms with Crippen LogP contribution in [0.1, 0.15) is 35.3 Å². The van der Waals surface area contributed by atoms with Crippen molar-refractivity contribution >= 4 is 0 Å². The first-order valence-corrected chi connectivity index (χ1v) is 4.96. The van der Waals surface area contributed by atoms with Crippen LogP contribution in [0.25, 0.3) is 0 Å². The zero-order chi connectivity index (χ0) is 11.7. The normalized spacial score (nSPS) is 12.9. The minimum atomic E-state index is -0.227. The van der Waals surface area contributed by atoms with Crippen molar-refractivity contribution in [3.63, 3.8) is 0 Å². The van der Waals surface area contributed by atoms with Crippen LogP contribution >= 0.6 is 0 Å². The van der Waals surface area contributed by atoms with Gasteiger partial charge in [0.1, 0.15) is 11.5 Å². The summed E-state index contributed by atoms with van der Waals surface area (Å²) in [6.07, 6.45) is -0.227. The summed E-state index contributed by atoms with van der Waals surface area (Å²) >= 11 is 0. The summed E-state index contributed by atoms with van der Waals surface area (Å²) in [6.45, 7) is 7.21. The van der Waals surface area contributed by atoms with E-state index in [4.69, 9.17) is 4.74 Å². The van der Waals surface area contributed by atoms with Crippen LogP contribution in [0.5, 0.6) is 11.5 Å². The average molecular weight is 210 g/mol. The molecule has 0 aliphatic rings. The third-order valence-electron chi connectivity index (χ3n) is 3.05. The second-order valence-corrected chi connectivity index (χ2v) is 3.86. The van der Waals surface area contributed by atoms with Gasteiger partial charge in [0.2, 0.25) is 0 Å². The predicted molar refractivity (Wildman–Crippen MR) is 59.4 cm³/mol. The van der Waals surface area contributed by atoms with Crippen LogP contribution in [0.2, 0.25) is 0 Å². The largest absolute Gasteiger partial charge is 0.507 e. The highest BCUT2D eigenvalue weighted by molar-refractivity contribution is 5.57. The van der Waals surface area contributed by atoms with Gasteiger partial charge in [-0.25, -0.2) is 0 Å². The topological polar surface area (TPSA) is 49.7 Å². The Morgan fingerprint density at radius 2 is 1.40 bits per heavy atom. The average Bonchev–Trinajstić information content (AvgIpc) is 2.23. The molecule has 0 heterocycles. The van der Waals surface area contributed by atoms with E-state index < -0.39 is 0 Å². The molecule has 2 N–H and O–H groups in total. The van der Waals surface area contributed by atoms with E-state index >= 15 is 0 Å². The van der Waals surface area contributed by atoms with Gasteiger partial charge in [-0.15, -0.1) is 0 Å². The summed E-state index contributed by atoms with van der Waals surface area (Å²) < 4.78 is 5.18. The van der Waals surface area contributed by atoms with E-state index in [0.717, 1.165) is 5.56 Å². The molecular weight excluding hydrogens is 192 g/mol. The summed E-state index contributed by atoms with van der Waals surface area (Å²) in [4.78, 5) is 0. The second-order valence-electron chi connectivity index (χ2n) is 3.86. The van der Waals surface area contributed by atoms with Gasteiger partial charge in [0.25, 0.3) is 0 Å². The van der Waals surface area contributed by atoms with Crippen LogP contribution in [0.4, 0.5) is 0 Å². The van der Waals surface area contributed by atoms with Crippen LogP contribution in [0.3, 0.4) is 0 Å². The lowest BCUT2D eigenvalue weighted by Gasteiger charge is -2.19. The first-order valence-electron chi connectivity index (χ1n) is 4.96. The van der Waals surface area contributed by atoms with Crippen LogP contribution in [-0.2, 0) is 4.74 Å². The van der Waals surface area contributed by atoms with Crippen molar-refractivity contribution in [3.8, 4) is 11.5 Å². The lowest BCUT2D eigenvalue weighted by molar-refractivity contribution is 0.116. The van der Waals surface area contributed by atoms with Gasteiger partial charge in [0.05, 0.1) is 6.10 Å². The van der Waals surface area contributed by atoms with Gasteiger partial charge in [-0.2, -0.15) is 0 Å². The van der Waals surface area contributed by atoms with Gasteiger partial charge < -0.3 is 14.9 Å². The maximum Gasteiger partial charge on any atom is 0.125 e. The first-order chi connectivity index (χ1) is 6.91. The molecule has 0 saturated carbocycles. The quantitative estimate of drug-likeness (QED) is 0.738. The third kappa shape index (κ3) is 1.79. The highest BCUT2D eigenvalue weighted by Gasteiger charge is 2.20. The Hall–Kier alpha value is -1.22. The van der Waals surface area contributed by atoms with E-state index in [0.29, 0.717) is 16.7 Å². The summed E-state index contributed by atoms with van der Waals surface area (Å²) in [7, 11) is 1.58. The van der Waals surface area contributed by atoms with Crippen molar-refractivity contribution < 1.29 is 14.9 Å². The number of rotatable bonds is 2. The third-order valence-corrected chi connectivity index (χ3v) is 3.05. The summed E-state index contributed by atoms with van der Waals surface area (Å²) in [6, 6.07) is 0. The molecule has 3 heteroatoms. The molecule has 0 amide bonds. The molecule has 0 aliphatic carbocycles. The van der Waals surface area contributed by atoms with Crippen molar-refractivity contribution in [2.24, 2.45) is 0 Å². The van der Waals surface area contributed by atoms with E-state index in [1.54, 1.807) is 27.9 Å². The van der Waals surface area contributed by atoms with Crippen molar-refractivity contribution in [3.05, 3.63) is 22.3 Å². The molecule has 1 rings (SSSR count). The standard InChI is InChI=1S/C12H18O3/c1-6-7(2)12(14)10(9(4)15-5)8(3)11(6)13/h9,13-14H,1-5H3. The highest BCUT2D eigenvalue weighted by atomic mass is 16.5. The number of phenols is 2. The van der Waals surface area contributed by atoms with E-state index in [9.17, 15) is 10.2 Å². The lowest BCUT2D eigenvalue weighted by atomic mass is 9.95. The molecule has 1 aromatic rings. The first kappa shape index (κ1) is 11.9. The molecule has 1 atom stereocenters. The molecular formula is C12H18O3. The zero-order valence-corrected chi connectivity index (χ0v) is 9.88. The van der Waals surface area contributed by atoms with Crippen molar-refractivity contribution in [1.29, 1.82) is 0 Å². The number of ether oxygens (including phenoxy) is 1. The predicted octanol–water partition coefficient (Wildman–Crippen LogP) is 2.73. The summed E-state index contributed by atoms with van der Waals surface area (Å²) in [5.41, 5.74) is 2.78. The van der Waals surface area contributed by atoms with E-state index in [2.05, 4.69) is 0 Å². The fraction of sp³-hybridized carbons (Fsp3) is 0.500. The molecule has 0 aliphatic heterocycles. The highest BCUT2D eigenvalue weighted by Crippen LogP contribution is 2.40. The van der Waals surface area contributed by atoms with E-state index in [1.165, 1.54) is 0 Å². The lowest BCUT2D eigenvalue weighted by Crippen LogP contribution is -2.02. The Morgan fingerprint density at radius 3 is 1.87 bits per heavy atom. The molecule has 0 saturated heterocycles. The fourth-order valence-corrected chi connectivity index (χ4v) is 1.76. The Balaban J connectivity index is 3.52. The Bertz CT molecular complexity index is 354. The zero-order valence-electron chi connectivity index (χ0n) is 9.88. The van der Waals surface area contributed by atoms with Gasteiger partial charge in [-0.05, 0) is 38.8 Å². The molecule has 1 aromatic carbocycles. The molecule has 3 nitrogen and oxygen atoms in total. The van der Waals surface area contributed by atoms with Gasteiger partial charge in [0, 0.05) is 18.2 Å². The minimum Gasteiger partial charge on any atom is -0.507 e. The Kier molecular flexibility index (Phi) is 3.25. The van der Waals surface area contributed by atoms with Crippen molar-refractivity contribution in [2.75, 3.05) is 7.11 Å². The second kappa shape index (κ2) is 4.11. The molecule has 0 bridgehead atoms. The fourth-order valence-electron chi connectivity index (χ4n) is 1.76.